The smallest absolute Gasteiger partial charge is 0.131 e. The monoisotopic (exact) mass is 213 g/mol. The van der Waals surface area contributed by atoms with Gasteiger partial charge < -0.3 is 0 Å². The van der Waals surface area contributed by atoms with Crippen LogP contribution in [0.3, 0.4) is 0 Å². The predicted molar refractivity (Wildman–Crippen MR) is 64.7 cm³/mol. The highest BCUT2D eigenvalue weighted by atomic mass is 19.1. The van der Waals surface area contributed by atoms with Crippen molar-refractivity contribution < 1.29 is 4.39 Å². The molecule has 0 nitrogen and oxygen atoms in total. The number of aryl methyl sites for hydroxylation is 1. The van der Waals surface area contributed by atoms with Crippen molar-refractivity contribution in [3.05, 3.63) is 59.9 Å². The van der Waals surface area contributed by atoms with Crippen LogP contribution < -0.4 is 0 Å². The van der Waals surface area contributed by atoms with Crippen molar-refractivity contribution in [3.8, 4) is 11.1 Å². The fourth-order valence-electron chi connectivity index (χ4n) is 1.77. The molecule has 0 bridgehead atoms. The van der Waals surface area contributed by atoms with E-state index in [0.717, 1.165) is 24.0 Å². The number of benzene rings is 2. The molecule has 16 heavy (non-hydrogen) atoms. The SMILES string of the molecule is CCCc1ccc(-c2cc[c]c(F)c2)cc1. The van der Waals surface area contributed by atoms with E-state index < -0.39 is 0 Å². The second kappa shape index (κ2) is 4.93. The quantitative estimate of drug-likeness (QED) is 0.715. The molecule has 0 aromatic heterocycles. The Kier molecular flexibility index (Phi) is 3.35. The van der Waals surface area contributed by atoms with Crippen LogP contribution in [0.2, 0.25) is 0 Å². The van der Waals surface area contributed by atoms with Crippen LogP contribution in [0.15, 0.2) is 42.5 Å². The Hall–Kier alpha value is -1.63. The van der Waals surface area contributed by atoms with Gasteiger partial charge in [0.05, 0.1) is 0 Å². The topological polar surface area (TPSA) is 0 Å². The van der Waals surface area contributed by atoms with Gasteiger partial charge in [-0.1, -0.05) is 49.7 Å². The van der Waals surface area contributed by atoms with E-state index in [-0.39, 0.29) is 5.82 Å². The Morgan fingerprint density at radius 2 is 1.81 bits per heavy atom. The molecule has 0 N–H and O–H groups in total. The molecular formula is C15H14F. The van der Waals surface area contributed by atoms with E-state index in [1.807, 2.05) is 18.2 Å². The highest BCUT2D eigenvalue weighted by Crippen LogP contribution is 2.20. The van der Waals surface area contributed by atoms with Crippen LogP contribution in [-0.2, 0) is 6.42 Å². The lowest BCUT2D eigenvalue weighted by Crippen LogP contribution is -1.84. The van der Waals surface area contributed by atoms with Crippen molar-refractivity contribution in [2.24, 2.45) is 0 Å². The molecule has 0 saturated heterocycles. The van der Waals surface area contributed by atoms with Crippen LogP contribution >= 0.6 is 0 Å². The van der Waals surface area contributed by atoms with E-state index in [9.17, 15) is 4.39 Å². The maximum absolute atomic E-state index is 13.0. The van der Waals surface area contributed by atoms with Crippen LogP contribution in [0, 0.1) is 11.9 Å². The summed E-state index contributed by atoms with van der Waals surface area (Å²) in [4.78, 5) is 0. The number of rotatable bonds is 3. The summed E-state index contributed by atoms with van der Waals surface area (Å²) in [5, 5.41) is 0. The third kappa shape index (κ3) is 2.48. The van der Waals surface area contributed by atoms with Gasteiger partial charge in [0.15, 0.2) is 0 Å². The summed E-state index contributed by atoms with van der Waals surface area (Å²) < 4.78 is 13.0. The molecule has 2 aromatic rings. The molecule has 2 rings (SSSR count). The summed E-state index contributed by atoms with van der Waals surface area (Å²) in [5.74, 6) is -0.310. The summed E-state index contributed by atoms with van der Waals surface area (Å²) in [5.41, 5.74) is 3.28. The van der Waals surface area contributed by atoms with E-state index in [2.05, 4.69) is 25.1 Å². The molecule has 0 amide bonds. The number of hydrogen-bond donors (Lipinski definition) is 0. The fraction of sp³-hybridized carbons (Fsp3) is 0.200. The number of hydrogen-bond acceptors (Lipinski definition) is 0. The third-order valence-electron chi connectivity index (χ3n) is 2.59. The molecule has 0 aliphatic heterocycles. The average Bonchev–Trinajstić information content (AvgIpc) is 2.30. The van der Waals surface area contributed by atoms with Crippen molar-refractivity contribution in [1.29, 1.82) is 0 Å². The lowest BCUT2D eigenvalue weighted by atomic mass is 10.0. The van der Waals surface area contributed by atoms with Gasteiger partial charge in [-0.25, -0.2) is 4.39 Å². The maximum atomic E-state index is 13.0. The highest BCUT2D eigenvalue weighted by molar-refractivity contribution is 5.63. The molecular weight excluding hydrogens is 199 g/mol. The molecule has 2 aromatic carbocycles. The lowest BCUT2D eigenvalue weighted by Gasteiger charge is -2.03. The molecule has 1 radical (unpaired) electrons. The van der Waals surface area contributed by atoms with Crippen molar-refractivity contribution >= 4 is 0 Å². The van der Waals surface area contributed by atoms with Gasteiger partial charge in [-0.2, -0.15) is 0 Å². The van der Waals surface area contributed by atoms with Crippen molar-refractivity contribution in [2.75, 3.05) is 0 Å². The van der Waals surface area contributed by atoms with Crippen LogP contribution in [-0.4, -0.2) is 0 Å². The summed E-state index contributed by atoms with van der Waals surface area (Å²) in [6, 6.07) is 15.8. The van der Waals surface area contributed by atoms with E-state index in [0.29, 0.717) is 0 Å². The minimum Gasteiger partial charge on any atom is -0.206 e. The van der Waals surface area contributed by atoms with Crippen molar-refractivity contribution in [1.82, 2.24) is 0 Å². The van der Waals surface area contributed by atoms with E-state index in [4.69, 9.17) is 0 Å². The molecule has 0 heterocycles. The molecule has 0 fully saturated rings. The predicted octanol–water partition coefficient (Wildman–Crippen LogP) is 4.25. The zero-order chi connectivity index (χ0) is 11.4. The number of halogens is 1. The van der Waals surface area contributed by atoms with Gasteiger partial charge in [0.1, 0.15) is 5.82 Å². The first-order valence-corrected chi connectivity index (χ1v) is 5.56. The van der Waals surface area contributed by atoms with Crippen LogP contribution in [0.4, 0.5) is 4.39 Å². The van der Waals surface area contributed by atoms with Crippen LogP contribution in [0.5, 0.6) is 0 Å². The maximum Gasteiger partial charge on any atom is 0.131 e. The molecule has 0 atom stereocenters. The molecule has 81 valence electrons. The Morgan fingerprint density at radius 3 is 2.44 bits per heavy atom. The van der Waals surface area contributed by atoms with Crippen molar-refractivity contribution in [2.45, 2.75) is 19.8 Å². The third-order valence-corrected chi connectivity index (χ3v) is 2.59. The van der Waals surface area contributed by atoms with Gasteiger partial charge in [-0.05, 0) is 29.2 Å². The summed E-state index contributed by atoms with van der Waals surface area (Å²) >= 11 is 0. The molecule has 0 spiro atoms. The second-order valence-corrected chi connectivity index (χ2v) is 3.87. The van der Waals surface area contributed by atoms with E-state index in [1.54, 1.807) is 6.07 Å². The van der Waals surface area contributed by atoms with Gasteiger partial charge in [0.2, 0.25) is 0 Å². The van der Waals surface area contributed by atoms with Gasteiger partial charge >= 0.3 is 0 Å². The Balaban J connectivity index is 2.27. The van der Waals surface area contributed by atoms with Gasteiger partial charge in [0, 0.05) is 6.07 Å². The minimum atomic E-state index is -0.310. The lowest BCUT2D eigenvalue weighted by molar-refractivity contribution is 0.626. The van der Waals surface area contributed by atoms with Gasteiger partial charge in [0.25, 0.3) is 0 Å². The molecule has 0 saturated carbocycles. The summed E-state index contributed by atoms with van der Waals surface area (Å²) in [6.07, 6.45) is 2.24. The fourth-order valence-corrected chi connectivity index (χ4v) is 1.77. The van der Waals surface area contributed by atoms with Crippen molar-refractivity contribution in [3.63, 3.8) is 0 Å². The Bertz CT molecular complexity index is 457. The first-order chi connectivity index (χ1) is 7.79. The molecule has 1 heteroatoms. The summed E-state index contributed by atoms with van der Waals surface area (Å²) in [6.45, 7) is 2.16. The standard InChI is InChI=1S/C15H14F/c1-2-4-12-7-9-13(10-8-12)14-5-3-6-15(16)11-14/h3,5,7-11H,2,4H2,1H3. The van der Waals surface area contributed by atoms with Crippen LogP contribution in [0.25, 0.3) is 11.1 Å². The Labute approximate surface area is 95.7 Å². The highest BCUT2D eigenvalue weighted by Gasteiger charge is 1.99. The average molecular weight is 213 g/mol. The first-order valence-electron chi connectivity index (χ1n) is 5.56. The zero-order valence-electron chi connectivity index (χ0n) is 9.33. The zero-order valence-corrected chi connectivity index (χ0v) is 9.33. The molecule has 0 aliphatic carbocycles. The summed E-state index contributed by atoms with van der Waals surface area (Å²) in [7, 11) is 0. The molecule has 0 unspecified atom stereocenters. The minimum absolute atomic E-state index is 0.310. The van der Waals surface area contributed by atoms with E-state index in [1.165, 1.54) is 11.6 Å². The van der Waals surface area contributed by atoms with Gasteiger partial charge in [-0.15, -0.1) is 0 Å². The van der Waals surface area contributed by atoms with E-state index >= 15 is 0 Å². The van der Waals surface area contributed by atoms with Crippen LogP contribution in [0.1, 0.15) is 18.9 Å². The largest absolute Gasteiger partial charge is 0.206 e. The Morgan fingerprint density at radius 1 is 1.06 bits per heavy atom. The van der Waals surface area contributed by atoms with Gasteiger partial charge in [-0.3, -0.25) is 0 Å². The molecule has 0 aliphatic rings. The second-order valence-electron chi connectivity index (χ2n) is 3.87. The first kappa shape index (κ1) is 10.9. The normalized spacial score (nSPS) is 10.4.